The molecule has 0 aliphatic heterocycles. The highest BCUT2D eigenvalue weighted by molar-refractivity contribution is 6.42. The van der Waals surface area contributed by atoms with E-state index in [0.29, 0.717) is 10.0 Å². The normalized spacial score (nSPS) is 12.7. The molecule has 1 heterocycles. The summed E-state index contributed by atoms with van der Waals surface area (Å²) in [6, 6.07) is 13.9. The molecule has 0 fully saturated rings. The van der Waals surface area contributed by atoms with Crippen LogP contribution in [0.1, 0.15) is 17.2 Å². The predicted octanol–water partition coefficient (Wildman–Crippen LogP) is 5.24. The number of para-hydroxylation sites is 1. The summed E-state index contributed by atoms with van der Waals surface area (Å²) in [6.45, 7) is 0. The van der Waals surface area contributed by atoms with Gasteiger partial charge in [-0.25, -0.2) is 0 Å². The Balaban J connectivity index is 1.97. The number of hydrogen-bond donors (Lipinski definition) is 1. The van der Waals surface area contributed by atoms with Gasteiger partial charge in [0, 0.05) is 17.0 Å². The van der Waals surface area contributed by atoms with Crippen molar-refractivity contribution in [2.75, 3.05) is 7.05 Å². The quantitative estimate of drug-likeness (QED) is 0.711. The van der Waals surface area contributed by atoms with Gasteiger partial charge in [0.05, 0.1) is 16.3 Å². The topological polar surface area (TPSA) is 25.2 Å². The molecular weight excluding hydrogens is 305 g/mol. The summed E-state index contributed by atoms with van der Waals surface area (Å²) in [5, 5.41) is 5.65. The van der Waals surface area contributed by atoms with Crippen LogP contribution in [-0.4, -0.2) is 7.05 Å². The average molecular weight is 320 g/mol. The zero-order valence-electron chi connectivity index (χ0n) is 11.6. The second kappa shape index (κ2) is 6.10. The Morgan fingerprint density at radius 2 is 1.90 bits per heavy atom. The monoisotopic (exact) mass is 319 g/mol. The summed E-state index contributed by atoms with van der Waals surface area (Å²) >= 11 is 12.4. The summed E-state index contributed by atoms with van der Waals surface area (Å²) in [6.07, 6.45) is 2.56. The van der Waals surface area contributed by atoms with Crippen LogP contribution < -0.4 is 5.32 Å². The Kier molecular flexibility index (Phi) is 4.20. The fourth-order valence-electron chi connectivity index (χ4n) is 2.56. The number of nitrogens with one attached hydrogen (secondary N) is 1. The zero-order valence-corrected chi connectivity index (χ0v) is 13.1. The van der Waals surface area contributed by atoms with Crippen LogP contribution in [0.4, 0.5) is 0 Å². The molecule has 0 radical (unpaired) electrons. The number of hydrogen-bond acceptors (Lipinski definition) is 2. The van der Waals surface area contributed by atoms with Crippen LogP contribution in [0, 0.1) is 0 Å². The van der Waals surface area contributed by atoms with E-state index in [1.54, 1.807) is 6.07 Å². The van der Waals surface area contributed by atoms with Crippen LogP contribution in [0.25, 0.3) is 11.0 Å². The Morgan fingerprint density at radius 1 is 1.10 bits per heavy atom. The lowest BCUT2D eigenvalue weighted by atomic mass is 9.98. The van der Waals surface area contributed by atoms with Crippen molar-refractivity contribution in [2.45, 2.75) is 12.5 Å². The van der Waals surface area contributed by atoms with Gasteiger partial charge in [0.1, 0.15) is 5.58 Å². The molecule has 3 rings (SSSR count). The van der Waals surface area contributed by atoms with Crippen molar-refractivity contribution in [1.29, 1.82) is 0 Å². The largest absolute Gasteiger partial charge is 0.464 e. The molecule has 0 spiro atoms. The summed E-state index contributed by atoms with van der Waals surface area (Å²) < 4.78 is 5.62. The molecule has 1 N–H and O–H groups in total. The summed E-state index contributed by atoms with van der Waals surface area (Å²) in [5.74, 6) is 0. The van der Waals surface area contributed by atoms with Crippen molar-refractivity contribution in [3.63, 3.8) is 0 Å². The average Bonchev–Trinajstić information content (AvgIpc) is 2.93. The van der Waals surface area contributed by atoms with Crippen molar-refractivity contribution in [1.82, 2.24) is 5.32 Å². The maximum Gasteiger partial charge on any atom is 0.134 e. The van der Waals surface area contributed by atoms with Gasteiger partial charge in [0.15, 0.2) is 0 Å². The van der Waals surface area contributed by atoms with Gasteiger partial charge in [0.2, 0.25) is 0 Å². The minimum Gasteiger partial charge on any atom is -0.464 e. The number of likely N-dealkylation sites (N-methyl/N-ethyl adjacent to an activating group) is 1. The molecule has 1 atom stereocenters. The smallest absolute Gasteiger partial charge is 0.134 e. The molecule has 1 unspecified atom stereocenters. The Labute approximate surface area is 133 Å². The lowest BCUT2D eigenvalue weighted by Crippen LogP contribution is -2.18. The molecule has 4 heteroatoms. The first-order chi connectivity index (χ1) is 10.2. The van der Waals surface area contributed by atoms with E-state index in [-0.39, 0.29) is 6.04 Å². The Bertz CT molecular complexity index is 766. The van der Waals surface area contributed by atoms with Gasteiger partial charge in [-0.2, -0.15) is 0 Å². The maximum absolute atomic E-state index is 6.29. The van der Waals surface area contributed by atoms with E-state index in [0.717, 1.165) is 28.5 Å². The van der Waals surface area contributed by atoms with E-state index in [1.165, 1.54) is 0 Å². The summed E-state index contributed by atoms with van der Waals surface area (Å²) in [5.41, 5.74) is 3.04. The standard InChI is InChI=1S/C17H15Cl2NO/c1-20-15(9-11-5-4-7-14(18)17(11)19)13-10-21-16-8-3-2-6-12(13)16/h2-8,10,15,20H,9H2,1H3. The highest BCUT2D eigenvalue weighted by atomic mass is 35.5. The number of rotatable bonds is 4. The van der Waals surface area contributed by atoms with Crippen LogP contribution in [-0.2, 0) is 6.42 Å². The molecule has 0 saturated heterocycles. The first-order valence-electron chi connectivity index (χ1n) is 6.77. The van der Waals surface area contributed by atoms with Crippen LogP contribution >= 0.6 is 23.2 Å². The first-order valence-corrected chi connectivity index (χ1v) is 7.52. The van der Waals surface area contributed by atoms with Crippen LogP contribution in [0.2, 0.25) is 10.0 Å². The number of benzene rings is 2. The Hall–Kier alpha value is -1.48. The third-order valence-corrected chi connectivity index (χ3v) is 4.55. The maximum atomic E-state index is 6.29. The van der Waals surface area contributed by atoms with Gasteiger partial charge in [-0.15, -0.1) is 0 Å². The van der Waals surface area contributed by atoms with Crippen molar-refractivity contribution < 1.29 is 4.42 Å². The van der Waals surface area contributed by atoms with Crippen molar-refractivity contribution in [2.24, 2.45) is 0 Å². The van der Waals surface area contributed by atoms with Crippen molar-refractivity contribution >= 4 is 34.2 Å². The van der Waals surface area contributed by atoms with Crippen LogP contribution in [0.5, 0.6) is 0 Å². The molecule has 1 aromatic heterocycles. The Morgan fingerprint density at radius 3 is 2.71 bits per heavy atom. The molecule has 3 aromatic rings. The minimum atomic E-state index is 0.115. The summed E-state index contributed by atoms with van der Waals surface area (Å²) in [4.78, 5) is 0. The number of fused-ring (bicyclic) bond motifs is 1. The molecule has 0 aliphatic rings. The number of halogens is 2. The van der Waals surface area contributed by atoms with Crippen molar-refractivity contribution in [3.05, 3.63) is 69.9 Å². The third-order valence-electron chi connectivity index (χ3n) is 3.69. The van der Waals surface area contributed by atoms with E-state index in [2.05, 4.69) is 11.4 Å². The fraction of sp³-hybridized carbons (Fsp3) is 0.176. The van der Waals surface area contributed by atoms with E-state index in [1.807, 2.05) is 43.6 Å². The van der Waals surface area contributed by atoms with Gasteiger partial charge < -0.3 is 9.73 Å². The van der Waals surface area contributed by atoms with Crippen molar-refractivity contribution in [3.8, 4) is 0 Å². The first kappa shape index (κ1) is 14.5. The SMILES string of the molecule is CNC(Cc1cccc(Cl)c1Cl)c1coc2ccccc12. The minimum absolute atomic E-state index is 0.115. The van der Waals surface area contributed by atoms with Crippen LogP contribution in [0.3, 0.4) is 0 Å². The lowest BCUT2D eigenvalue weighted by molar-refractivity contribution is 0.563. The zero-order chi connectivity index (χ0) is 14.8. The third kappa shape index (κ3) is 2.80. The molecule has 2 aromatic carbocycles. The highest BCUT2D eigenvalue weighted by Crippen LogP contribution is 2.32. The van der Waals surface area contributed by atoms with E-state index in [4.69, 9.17) is 27.6 Å². The van der Waals surface area contributed by atoms with Gasteiger partial charge >= 0.3 is 0 Å². The second-order valence-electron chi connectivity index (χ2n) is 4.95. The second-order valence-corrected chi connectivity index (χ2v) is 5.73. The molecule has 2 nitrogen and oxygen atoms in total. The fourth-order valence-corrected chi connectivity index (χ4v) is 2.96. The molecule has 21 heavy (non-hydrogen) atoms. The number of furan rings is 1. The molecule has 108 valence electrons. The van der Waals surface area contributed by atoms with E-state index in [9.17, 15) is 0 Å². The highest BCUT2D eigenvalue weighted by Gasteiger charge is 2.17. The molecule has 0 amide bonds. The van der Waals surface area contributed by atoms with Gasteiger partial charge in [-0.3, -0.25) is 0 Å². The predicted molar refractivity (Wildman–Crippen MR) is 88.2 cm³/mol. The van der Waals surface area contributed by atoms with E-state index >= 15 is 0 Å². The molecule has 0 aliphatic carbocycles. The lowest BCUT2D eigenvalue weighted by Gasteiger charge is -2.16. The molecule has 0 saturated carbocycles. The van der Waals surface area contributed by atoms with E-state index < -0.39 is 0 Å². The van der Waals surface area contributed by atoms with Gasteiger partial charge in [-0.1, -0.05) is 53.5 Å². The van der Waals surface area contributed by atoms with Crippen LogP contribution in [0.15, 0.2) is 53.1 Å². The summed E-state index contributed by atoms with van der Waals surface area (Å²) in [7, 11) is 1.94. The molecular formula is C17H15Cl2NO. The molecule has 0 bridgehead atoms. The van der Waals surface area contributed by atoms with Gasteiger partial charge in [0.25, 0.3) is 0 Å². The van der Waals surface area contributed by atoms with Gasteiger partial charge in [-0.05, 0) is 31.2 Å².